The van der Waals surface area contributed by atoms with Crippen LogP contribution in [-0.4, -0.2) is 68.2 Å². The van der Waals surface area contributed by atoms with Crippen LogP contribution in [0.2, 0.25) is 5.02 Å². The first-order valence-electron chi connectivity index (χ1n) is 9.09. The van der Waals surface area contributed by atoms with Crippen LogP contribution in [-0.2, 0) is 0 Å². The van der Waals surface area contributed by atoms with Gasteiger partial charge in [-0.05, 0) is 51.3 Å². The summed E-state index contributed by atoms with van der Waals surface area (Å²) >= 11 is 6.11. The van der Waals surface area contributed by atoms with Crippen LogP contribution in [0.1, 0.15) is 6.42 Å². The van der Waals surface area contributed by atoms with Gasteiger partial charge in [-0.15, -0.1) is 0 Å². The summed E-state index contributed by atoms with van der Waals surface area (Å²) in [6, 6.07) is 9.97. The van der Waals surface area contributed by atoms with Gasteiger partial charge in [-0.2, -0.15) is 4.98 Å². The van der Waals surface area contributed by atoms with E-state index in [1.54, 1.807) is 0 Å². The summed E-state index contributed by atoms with van der Waals surface area (Å²) in [5, 5.41) is 4.17. The second-order valence-electron chi connectivity index (χ2n) is 6.78. The summed E-state index contributed by atoms with van der Waals surface area (Å²) in [7, 11) is 4.18. The number of rotatable bonds is 7. The maximum atomic E-state index is 6.11. The van der Waals surface area contributed by atoms with Crippen molar-refractivity contribution in [3.05, 3.63) is 41.6 Å². The Kier molecular flexibility index (Phi) is 6.52. The minimum atomic E-state index is 0.779. The molecule has 1 N–H and O–H groups in total. The Balaban J connectivity index is 1.53. The number of nitrogens with zero attached hydrogens (tertiary/aromatic N) is 5. The molecule has 1 aromatic carbocycles. The first-order chi connectivity index (χ1) is 12.6. The van der Waals surface area contributed by atoms with E-state index in [0.29, 0.717) is 0 Å². The summed E-state index contributed by atoms with van der Waals surface area (Å²) < 4.78 is 0. The van der Waals surface area contributed by atoms with Gasteiger partial charge in [0.2, 0.25) is 5.95 Å². The molecule has 1 fully saturated rings. The molecule has 0 radical (unpaired) electrons. The third-order valence-corrected chi connectivity index (χ3v) is 4.70. The van der Waals surface area contributed by atoms with Crippen LogP contribution >= 0.6 is 11.6 Å². The van der Waals surface area contributed by atoms with Gasteiger partial charge in [0.15, 0.2) is 0 Å². The molecule has 0 unspecified atom stereocenters. The fourth-order valence-electron chi connectivity index (χ4n) is 3.05. The lowest BCUT2D eigenvalue weighted by atomic mass is 10.2. The van der Waals surface area contributed by atoms with Gasteiger partial charge in [0, 0.05) is 49.6 Å². The van der Waals surface area contributed by atoms with Crippen LogP contribution in [0.15, 0.2) is 36.5 Å². The number of piperazine rings is 1. The Hall–Kier alpha value is -2.05. The lowest BCUT2D eigenvalue weighted by Crippen LogP contribution is -2.47. The second-order valence-corrected chi connectivity index (χ2v) is 7.22. The molecule has 1 aromatic heterocycles. The Labute approximate surface area is 160 Å². The van der Waals surface area contributed by atoms with Crippen molar-refractivity contribution in [2.75, 3.05) is 68.5 Å². The van der Waals surface area contributed by atoms with E-state index in [-0.39, 0.29) is 0 Å². The average molecular weight is 375 g/mol. The molecule has 26 heavy (non-hydrogen) atoms. The minimum Gasteiger partial charge on any atom is -0.370 e. The van der Waals surface area contributed by atoms with Gasteiger partial charge in [-0.3, -0.25) is 0 Å². The van der Waals surface area contributed by atoms with E-state index < -0.39 is 0 Å². The number of hydrogen-bond acceptors (Lipinski definition) is 6. The summed E-state index contributed by atoms with van der Waals surface area (Å²) in [6.45, 7) is 5.65. The number of hydrogen-bond donors (Lipinski definition) is 1. The molecular weight excluding hydrogens is 348 g/mol. The Morgan fingerprint density at radius 1 is 1.12 bits per heavy atom. The van der Waals surface area contributed by atoms with Gasteiger partial charge >= 0.3 is 0 Å². The van der Waals surface area contributed by atoms with Crippen LogP contribution < -0.4 is 15.1 Å². The molecule has 0 amide bonds. The van der Waals surface area contributed by atoms with Gasteiger partial charge in [0.05, 0.1) is 0 Å². The molecule has 3 rings (SSSR count). The molecule has 6 nitrogen and oxygen atoms in total. The normalized spacial score (nSPS) is 14.8. The van der Waals surface area contributed by atoms with Crippen LogP contribution in [0.5, 0.6) is 0 Å². The third kappa shape index (κ3) is 5.22. The van der Waals surface area contributed by atoms with Crippen molar-refractivity contribution < 1.29 is 0 Å². The molecule has 1 saturated heterocycles. The van der Waals surface area contributed by atoms with E-state index in [0.717, 1.165) is 62.5 Å². The van der Waals surface area contributed by atoms with Gasteiger partial charge < -0.3 is 20.0 Å². The molecule has 2 heterocycles. The Bertz CT molecular complexity index is 700. The highest BCUT2D eigenvalue weighted by atomic mass is 35.5. The van der Waals surface area contributed by atoms with Crippen molar-refractivity contribution >= 4 is 29.1 Å². The second kappa shape index (κ2) is 9.05. The lowest BCUT2D eigenvalue weighted by molar-refractivity contribution is 0.405. The number of aromatic nitrogens is 2. The van der Waals surface area contributed by atoms with Gasteiger partial charge in [0.1, 0.15) is 5.82 Å². The minimum absolute atomic E-state index is 0.779. The summed E-state index contributed by atoms with van der Waals surface area (Å²) in [6.07, 6.45) is 2.92. The topological polar surface area (TPSA) is 47.5 Å². The highest BCUT2D eigenvalue weighted by Gasteiger charge is 2.19. The average Bonchev–Trinajstić information content (AvgIpc) is 2.65. The van der Waals surface area contributed by atoms with Crippen molar-refractivity contribution in [2.24, 2.45) is 0 Å². The highest BCUT2D eigenvalue weighted by Crippen LogP contribution is 2.22. The van der Waals surface area contributed by atoms with Crippen molar-refractivity contribution in [3.63, 3.8) is 0 Å². The van der Waals surface area contributed by atoms with Gasteiger partial charge in [-0.25, -0.2) is 4.98 Å². The molecule has 0 atom stereocenters. The van der Waals surface area contributed by atoms with E-state index in [2.05, 4.69) is 50.1 Å². The van der Waals surface area contributed by atoms with Crippen molar-refractivity contribution in [1.82, 2.24) is 14.9 Å². The fraction of sp³-hybridized carbons (Fsp3) is 0.474. The SMILES string of the molecule is CN(C)CCCNc1ccnc(N2CCN(c3cccc(Cl)c3)CC2)n1. The van der Waals surface area contributed by atoms with Crippen LogP contribution in [0, 0.1) is 0 Å². The van der Waals surface area contributed by atoms with E-state index >= 15 is 0 Å². The third-order valence-electron chi connectivity index (χ3n) is 4.47. The predicted molar refractivity (Wildman–Crippen MR) is 110 cm³/mol. The lowest BCUT2D eigenvalue weighted by Gasteiger charge is -2.36. The quantitative estimate of drug-likeness (QED) is 0.752. The predicted octanol–water partition coefficient (Wildman–Crippen LogP) is 2.82. The largest absolute Gasteiger partial charge is 0.370 e. The molecule has 1 aliphatic heterocycles. The molecule has 2 aromatic rings. The van der Waals surface area contributed by atoms with E-state index in [4.69, 9.17) is 11.6 Å². The molecule has 0 bridgehead atoms. The van der Waals surface area contributed by atoms with Crippen molar-refractivity contribution in [2.45, 2.75) is 6.42 Å². The van der Waals surface area contributed by atoms with Gasteiger partial charge in [0.25, 0.3) is 0 Å². The molecule has 0 aliphatic carbocycles. The molecule has 140 valence electrons. The molecule has 7 heteroatoms. The first-order valence-corrected chi connectivity index (χ1v) is 9.47. The van der Waals surface area contributed by atoms with Gasteiger partial charge in [-0.1, -0.05) is 17.7 Å². The van der Waals surface area contributed by atoms with Crippen LogP contribution in [0.3, 0.4) is 0 Å². The van der Waals surface area contributed by atoms with E-state index in [1.165, 1.54) is 5.69 Å². The fourth-order valence-corrected chi connectivity index (χ4v) is 3.23. The zero-order valence-corrected chi connectivity index (χ0v) is 16.3. The summed E-state index contributed by atoms with van der Waals surface area (Å²) in [5.74, 6) is 1.69. The number of anilines is 3. The first kappa shape index (κ1) is 18.7. The Morgan fingerprint density at radius 2 is 1.88 bits per heavy atom. The van der Waals surface area contributed by atoms with Crippen molar-refractivity contribution in [1.29, 1.82) is 0 Å². The maximum Gasteiger partial charge on any atom is 0.227 e. The number of benzene rings is 1. The zero-order chi connectivity index (χ0) is 18.4. The monoisotopic (exact) mass is 374 g/mol. The standard InChI is InChI=1S/C19H27ClN6/c1-24(2)10-4-8-21-18-7-9-22-19(23-18)26-13-11-25(12-14-26)17-6-3-5-16(20)15-17/h3,5-7,9,15H,4,8,10-14H2,1-2H3,(H,21,22,23). The molecular formula is C19H27ClN6. The zero-order valence-electron chi connectivity index (χ0n) is 15.5. The maximum absolute atomic E-state index is 6.11. The van der Waals surface area contributed by atoms with E-state index in [1.807, 2.05) is 30.5 Å². The molecule has 0 saturated carbocycles. The molecule has 1 aliphatic rings. The summed E-state index contributed by atoms with van der Waals surface area (Å²) in [4.78, 5) is 15.9. The smallest absolute Gasteiger partial charge is 0.227 e. The molecule has 0 spiro atoms. The number of halogens is 1. The summed E-state index contributed by atoms with van der Waals surface area (Å²) in [5.41, 5.74) is 1.18. The Morgan fingerprint density at radius 3 is 2.62 bits per heavy atom. The van der Waals surface area contributed by atoms with E-state index in [9.17, 15) is 0 Å². The highest BCUT2D eigenvalue weighted by molar-refractivity contribution is 6.30. The van der Waals surface area contributed by atoms with Crippen molar-refractivity contribution in [3.8, 4) is 0 Å². The van der Waals surface area contributed by atoms with Crippen LogP contribution in [0.25, 0.3) is 0 Å². The number of nitrogens with one attached hydrogen (secondary N) is 1. The van der Waals surface area contributed by atoms with Crippen LogP contribution in [0.4, 0.5) is 17.5 Å².